The largest absolute Gasteiger partial charge is 0.309 e. The molecule has 0 atom stereocenters. The third kappa shape index (κ3) is 5.59. The predicted octanol–water partition coefficient (Wildman–Crippen LogP) is 5.92. The maximum absolute atomic E-state index is 13.1. The Balaban J connectivity index is 0.00000280. The first kappa shape index (κ1) is 23.4. The summed E-state index contributed by atoms with van der Waals surface area (Å²) < 4.78 is 1.62. The van der Waals surface area contributed by atoms with E-state index in [1.807, 2.05) is 45.3 Å². The van der Waals surface area contributed by atoms with E-state index in [-0.39, 0.29) is 18.3 Å². The standard InChI is InChI=1S/C19H21Cl2N3OS2.ClH/c1-12-5-7-14(20)18-17(12)22-19(27-18)24(10-4-9-23(2)3)16(25)11-13-6-8-15(21)26-13;/h5-8H,4,9-11H2,1-3H3;1H. The number of aryl methyl sites for hydroxylation is 1. The Morgan fingerprint density at radius 2 is 1.86 bits per heavy atom. The van der Waals surface area contributed by atoms with Gasteiger partial charge in [0, 0.05) is 11.4 Å². The molecule has 28 heavy (non-hydrogen) atoms. The zero-order valence-electron chi connectivity index (χ0n) is 15.9. The quantitative estimate of drug-likeness (QED) is 0.423. The van der Waals surface area contributed by atoms with Crippen LogP contribution in [0.25, 0.3) is 10.2 Å². The van der Waals surface area contributed by atoms with Crippen LogP contribution in [0, 0.1) is 6.92 Å². The first-order valence-electron chi connectivity index (χ1n) is 8.60. The van der Waals surface area contributed by atoms with Crippen molar-refractivity contribution >= 4 is 79.5 Å². The lowest BCUT2D eigenvalue weighted by atomic mass is 10.2. The van der Waals surface area contributed by atoms with Crippen molar-refractivity contribution in [2.75, 3.05) is 32.1 Å². The van der Waals surface area contributed by atoms with Crippen LogP contribution in [0.1, 0.15) is 16.9 Å². The highest BCUT2D eigenvalue weighted by Gasteiger charge is 2.21. The van der Waals surface area contributed by atoms with Gasteiger partial charge in [-0.1, -0.05) is 40.6 Å². The van der Waals surface area contributed by atoms with Crippen LogP contribution in [0.5, 0.6) is 0 Å². The molecule has 0 radical (unpaired) electrons. The average Bonchev–Trinajstić information content (AvgIpc) is 3.22. The van der Waals surface area contributed by atoms with Crippen LogP contribution in [-0.4, -0.2) is 43.0 Å². The number of nitrogens with zero attached hydrogens (tertiary/aromatic N) is 3. The molecule has 152 valence electrons. The van der Waals surface area contributed by atoms with Crippen LogP contribution in [0.3, 0.4) is 0 Å². The summed E-state index contributed by atoms with van der Waals surface area (Å²) in [6.45, 7) is 3.53. The molecule has 0 saturated carbocycles. The number of anilines is 1. The van der Waals surface area contributed by atoms with Gasteiger partial charge in [0.05, 0.1) is 26.0 Å². The summed E-state index contributed by atoms with van der Waals surface area (Å²) in [5, 5.41) is 1.37. The molecule has 0 spiro atoms. The van der Waals surface area contributed by atoms with Gasteiger partial charge in [0.25, 0.3) is 0 Å². The van der Waals surface area contributed by atoms with E-state index in [2.05, 4.69) is 4.90 Å². The molecule has 9 heteroatoms. The Morgan fingerprint density at radius 1 is 1.11 bits per heavy atom. The summed E-state index contributed by atoms with van der Waals surface area (Å²) in [6.07, 6.45) is 1.19. The molecule has 0 aliphatic carbocycles. The Morgan fingerprint density at radius 3 is 2.46 bits per heavy atom. The zero-order valence-corrected chi connectivity index (χ0v) is 19.8. The lowest BCUT2D eigenvalue weighted by Gasteiger charge is -2.20. The second kappa shape index (κ2) is 10.2. The molecular formula is C19H22Cl3N3OS2. The molecule has 1 aromatic carbocycles. The maximum atomic E-state index is 13.1. The smallest absolute Gasteiger partial charge is 0.234 e. The molecular weight excluding hydrogens is 457 g/mol. The maximum Gasteiger partial charge on any atom is 0.234 e. The van der Waals surface area contributed by atoms with Crippen LogP contribution in [0.15, 0.2) is 24.3 Å². The first-order valence-corrected chi connectivity index (χ1v) is 11.0. The average molecular weight is 479 g/mol. The second-order valence-electron chi connectivity index (χ2n) is 6.62. The fourth-order valence-corrected chi connectivity index (χ4v) is 5.21. The highest BCUT2D eigenvalue weighted by atomic mass is 35.5. The van der Waals surface area contributed by atoms with Crippen LogP contribution in [0.4, 0.5) is 5.13 Å². The van der Waals surface area contributed by atoms with Crippen LogP contribution < -0.4 is 4.90 Å². The number of thiazole rings is 1. The lowest BCUT2D eigenvalue weighted by molar-refractivity contribution is -0.118. The van der Waals surface area contributed by atoms with Crippen molar-refractivity contribution in [3.8, 4) is 0 Å². The van der Waals surface area contributed by atoms with E-state index in [0.717, 1.165) is 33.6 Å². The molecule has 1 amide bonds. The number of aromatic nitrogens is 1. The number of rotatable bonds is 7. The SMILES string of the molecule is Cc1ccc(Cl)c2sc(N(CCCN(C)C)C(=O)Cc3ccc(Cl)s3)nc12.Cl. The van der Waals surface area contributed by atoms with E-state index in [9.17, 15) is 4.79 Å². The molecule has 2 aromatic heterocycles. The Bertz CT molecular complexity index is 916. The molecule has 3 rings (SSSR count). The number of amides is 1. The molecule has 0 bridgehead atoms. The normalized spacial score (nSPS) is 11.1. The Kier molecular flexibility index (Phi) is 8.55. The Labute approximate surface area is 189 Å². The number of benzene rings is 1. The topological polar surface area (TPSA) is 36.4 Å². The molecule has 0 aliphatic heterocycles. The minimum atomic E-state index is 0. The molecule has 4 nitrogen and oxygen atoms in total. The van der Waals surface area contributed by atoms with Crippen molar-refractivity contribution in [1.82, 2.24) is 9.88 Å². The number of thiophene rings is 1. The molecule has 3 aromatic rings. The molecule has 0 fully saturated rings. The summed E-state index contributed by atoms with van der Waals surface area (Å²) in [7, 11) is 4.06. The van der Waals surface area contributed by atoms with Crippen molar-refractivity contribution in [2.45, 2.75) is 19.8 Å². The van der Waals surface area contributed by atoms with Gasteiger partial charge in [-0.25, -0.2) is 4.98 Å². The van der Waals surface area contributed by atoms with E-state index >= 15 is 0 Å². The minimum absolute atomic E-state index is 0. The molecule has 0 N–H and O–H groups in total. The molecule has 2 heterocycles. The monoisotopic (exact) mass is 477 g/mol. The lowest BCUT2D eigenvalue weighted by Crippen LogP contribution is -2.34. The van der Waals surface area contributed by atoms with Gasteiger partial charge in [-0.05, 0) is 57.7 Å². The first-order chi connectivity index (χ1) is 12.8. The summed E-state index contributed by atoms with van der Waals surface area (Å²) in [5.74, 6) is 0.0279. The van der Waals surface area contributed by atoms with Gasteiger partial charge >= 0.3 is 0 Å². The van der Waals surface area contributed by atoms with Gasteiger partial charge in [0.2, 0.25) is 5.91 Å². The van der Waals surface area contributed by atoms with E-state index in [1.165, 1.54) is 22.7 Å². The minimum Gasteiger partial charge on any atom is -0.309 e. The predicted molar refractivity (Wildman–Crippen MR) is 125 cm³/mol. The van der Waals surface area contributed by atoms with E-state index in [4.69, 9.17) is 28.2 Å². The number of fused-ring (bicyclic) bond motifs is 1. The number of halogens is 3. The van der Waals surface area contributed by atoms with Gasteiger partial charge < -0.3 is 4.90 Å². The number of carbonyl (C=O) groups excluding carboxylic acids is 1. The van der Waals surface area contributed by atoms with E-state index in [1.54, 1.807) is 4.90 Å². The third-order valence-corrected chi connectivity index (χ3v) is 6.93. The van der Waals surface area contributed by atoms with Crippen molar-refractivity contribution in [3.63, 3.8) is 0 Å². The number of carbonyl (C=O) groups is 1. The summed E-state index contributed by atoms with van der Waals surface area (Å²) in [6, 6.07) is 7.57. The van der Waals surface area contributed by atoms with Crippen molar-refractivity contribution < 1.29 is 4.79 Å². The van der Waals surface area contributed by atoms with E-state index < -0.39 is 0 Å². The van der Waals surface area contributed by atoms with Gasteiger partial charge in [-0.3, -0.25) is 9.69 Å². The van der Waals surface area contributed by atoms with Gasteiger partial charge in [-0.15, -0.1) is 23.7 Å². The molecule has 0 unspecified atom stereocenters. The molecule has 0 aliphatic rings. The summed E-state index contributed by atoms with van der Waals surface area (Å²) >= 11 is 15.3. The fourth-order valence-electron chi connectivity index (χ4n) is 2.77. The van der Waals surface area contributed by atoms with Gasteiger partial charge in [0.15, 0.2) is 5.13 Å². The van der Waals surface area contributed by atoms with Crippen molar-refractivity contribution in [1.29, 1.82) is 0 Å². The van der Waals surface area contributed by atoms with Crippen LogP contribution in [0.2, 0.25) is 9.36 Å². The van der Waals surface area contributed by atoms with Gasteiger partial charge in [0.1, 0.15) is 0 Å². The van der Waals surface area contributed by atoms with Crippen molar-refractivity contribution in [3.05, 3.63) is 44.1 Å². The fraction of sp³-hybridized carbons (Fsp3) is 0.368. The summed E-state index contributed by atoms with van der Waals surface area (Å²) in [4.78, 5) is 22.7. The van der Waals surface area contributed by atoms with Crippen molar-refractivity contribution in [2.24, 2.45) is 0 Å². The number of hydrogen-bond donors (Lipinski definition) is 0. The summed E-state index contributed by atoms with van der Waals surface area (Å²) in [5.41, 5.74) is 1.93. The Hall–Kier alpha value is -0.890. The van der Waals surface area contributed by atoms with Crippen LogP contribution in [-0.2, 0) is 11.2 Å². The van der Waals surface area contributed by atoms with E-state index in [0.29, 0.717) is 27.5 Å². The second-order valence-corrected chi connectivity index (χ2v) is 9.81. The highest BCUT2D eigenvalue weighted by molar-refractivity contribution is 7.23. The zero-order chi connectivity index (χ0) is 19.6. The van der Waals surface area contributed by atoms with Gasteiger partial charge in [-0.2, -0.15) is 0 Å². The van der Waals surface area contributed by atoms with Crippen LogP contribution >= 0.6 is 58.3 Å². The highest BCUT2D eigenvalue weighted by Crippen LogP contribution is 2.36. The molecule has 0 saturated heterocycles. The number of hydrogen-bond acceptors (Lipinski definition) is 5. The third-order valence-electron chi connectivity index (χ3n) is 4.16.